The molecule has 0 N–H and O–H groups in total. The second kappa shape index (κ2) is 6.79. The lowest BCUT2D eigenvalue weighted by Crippen LogP contribution is -2.36. The van der Waals surface area contributed by atoms with E-state index >= 15 is 0 Å². The molecule has 1 atom stereocenters. The zero-order chi connectivity index (χ0) is 20.1. The number of imide groups is 1. The summed E-state index contributed by atoms with van der Waals surface area (Å²) in [6, 6.07) is 9.48. The molecule has 2 aliphatic heterocycles. The summed E-state index contributed by atoms with van der Waals surface area (Å²) in [5, 5.41) is 0.684. The Hall–Kier alpha value is -3.03. The monoisotopic (exact) mass is 410 g/mol. The summed E-state index contributed by atoms with van der Waals surface area (Å²) in [6.07, 6.45) is 1.63. The van der Waals surface area contributed by atoms with Crippen molar-refractivity contribution in [2.24, 2.45) is 0 Å². The van der Waals surface area contributed by atoms with Gasteiger partial charge >= 0.3 is 5.63 Å². The second-order valence-electron chi connectivity index (χ2n) is 7.08. The second-order valence-corrected chi connectivity index (χ2v) is 7.52. The first-order chi connectivity index (χ1) is 14.0. The Morgan fingerprint density at radius 1 is 1.07 bits per heavy atom. The molecule has 3 heterocycles. The molecule has 2 aliphatic rings. The molecule has 0 radical (unpaired) electrons. The van der Waals surface area contributed by atoms with Crippen molar-refractivity contribution >= 4 is 34.3 Å². The molecule has 8 heteroatoms. The first-order valence-electron chi connectivity index (χ1n) is 9.24. The van der Waals surface area contributed by atoms with E-state index in [1.54, 1.807) is 24.3 Å². The number of amides is 2. The maximum Gasteiger partial charge on any atom is 0.347 e. The molecule has 0 saturated carbocycles. The molecule has 0 spiro atoms. The smallest absolute Gasteiger partial charge is 0.347 e. The van der Waals surface area contributed by atoms with Crippen molar-refractivity contribution in [3.63, 3.8) is 0 Å². The van der Waals surface area contributed by atoms with Gasteiger partial charge in [0.15, 0.2) is 0 Å². The number of benzene rings is 2. The number of hydrogen-bond donors (Lipinski definition) is 0. The van der Waals surface area contributed by atoms with Crippen LogP contribution >= 0.6 is 11.6 Å². The molecular weight excluding hydrogens is 396 g/mol. The maximum atomic E-state index is 12.8. The minimum Gasteiger partial charge on any atom is -0.403 e. The van der Waals surface area contributed by atoms with Crippen molar-refractivity contribution in [2.75, 3.05) is 13.2 Å². The largest absolute Gasteiger partial charge is 0.403 e. The van der Waals surface area contributed by atoms with Crippen molar-refractivity contribution < 1.29 is 18.7 Å². The van der Waals surface area contributed by atoms with Crippen LogP contribution in [-0.2, 0) is 4.74 Å². The van der Waals surface area contributed by atoms with Crippen LogP contribution in [0, 0.1) is 0 Å². The Morgan fingerprint density at radius 2 is 1.90 bits per heavy atom. The predicted octanol–water partition coefficient (Wildman–Crippen LogP) is 3.28. The van der Waals surface area contributed by atoms with Gasteiger partial charge in [-0.05, 0) is 49.2 Å². The quantitative estimate of drug-likeness (QED) is 0.615. The molecule has 3 aromatic rings. The van der Waals surface area contributed by atoms with Gasteiger partial charge in [-0.3, -0.25) is 14.5 Å². The van der Waals surface area contributed by atoms with E-state index in [1.807, 2.05) is 0 Å². The standard InChI is InChI=1S/C21H15ClN2O5/c22-12-4-6-17-16(9-12)21(27)29-18(23-17)11-3-5-14-15(8-11)20(26)24(19(14)25)10-13-2-1-7-28-13/h3-6,8-9,13H,1-2,7,10H2/t13-/m0/s1. The topological polar surface area (TPSA) is 89.7 Å². The fourth-order valence-corrected chi connectivity index (χ4v) is 3.92. The number of carbonyl (C=O) groups is 2. The van der Waals surface area contributed by atoms with E-state index < -0.39 is 5.63 Å². The molecule has 0 unspecified atom stereocenters. The molecule has 146 valence electrons. The number of halogens is 1. The maximum absolute atomic E-state index is 12.8. The summed E-state index contributed by atoms with van der Waals surface area (Å²) >= 11 is 5.92. The minimum atomic E-state index is -0.574. The van der Waals surface area contributed by atoms with E-state index in [2.05, 4.69) is 4.98 Å². The van der Waals surface area contributed by atoms with Crippen LogP contribution in [0.25, 0.3) is 22.4 Å². The molecule has 5 rings (SSSR count). The van der Waals surface area contributed by atoms with Gasteiger partial charge in [-0.25, -0.2) is 9.78 Å². The average molecular weight is 411 g/mol. The molecule has 1 fully saturated rings. The Bertz CT molecular complexity index is 1230. The van der Waals surface area contributed by atoms with Gasteiger partial charge in [-0.2, -0.15) is 0 Å². The molecule has 0 aliphatic carbocycles. The van der Waals surface area contributed by atoms with Gasteiger partial charge in [0.1, 0.15) is 0 Å². The highest BCUT2D eigenvalue weighted by atomic mass is 35.5. The van der Waals surface area contributed by atoms with Gasteiger partial charge in [0.25, 0.3) is 11.8 Å². The first kappa shape index (κ1) is 18.0. The Balaban J connectivity index is 1.52. The van der Waals surface area contributed by atoms with Crippen molar-refractivity contribution in [3.8, 4) is 11.5 Å². The summed E-state index contributed by atoms with van der Waals surface area (Å²) in [7, 11) is 0. The van der Waals surface area contributed by atoms with Gasteiger partial charge in [0.05, 0.1) is 34.7 Å². The van der Waals surface area contributed by atoms with E-state index in [1.165, 1.54) is 17.0 Å². The number of rotatable bonds is 3. The highest BCUT2D eigenvalue weighted by molar-refractivity contribution is 6.31. The van der Waals surface area contributed by atoms with Crippen LogP contribution in [0.1, 0.15) is 33.6 Å². The average Bonchev–Trinajstić information content (AvgIpc) is 3.31. The third-order valence-electron chi connectivity index (χ3n) is 5.22. The van der Waals surface area contributed by atoms with Crippen LogP contribution in [0.3, 0.4) is 0 Å². The van der Waals surface area contributed by atoms with Gasteiger partial charge in [-0.15, -0.1) is 0 Å². The highest BCUT2D eigenvalue weighted by Crippen LogP contribution is 2.29. The lowest BCUT2D eigenvalue weighted by Gasteiger charge is -2.17. The third-order valence-corrected chi connectivity index (χ3v) is 5.45. The van der Waals surface area contributed by atoms with E-state index in [9.17, 15) is 14.4 Å². The molecule has 2 aromatic carbocycles. The Morgan fingerprint density at radius 3 is 2.69 bits per heavy atom. The van der Waals surface area contributed by atoms with Crippen molar-refractivity contribution in [3.05, 3.63) is 63.0 Å². The van der Waals surface area contributed by atoms with Gasteiger partial charge in [0.2, 0.25) is 5.89 Å². The predicted molar refractivity (Wildman–Crippen MR) is 105 cm³/mol. The fraction of sp³-hybridized carbons (Fsp3) is 0.238. The zero-order valence-electron chi connectivity index (χ0n) is 15.2. The van der Waals surface area contributed by atoms with Crippen molar-refractivity contribution in [1.82, 2.24) is 9.88 Å². The molecule has 29 heavy (non-hydrogen) atoms. The molecular formula is C21H15ClN2O5. The van der Waals surface area contributed by atoms with Crippen LogP contribution in [0.15, 0.2) is 45.6 Å². The lowest BCUT2D eigenvalue weighted by atomic mass is 10.1. The fourth-order valence-electron chi connectivity index (χ4n) is 3.75. The number of carbonyl (C=O) groups excluding carboxylic acids is 2. The summed E-state index contributed by atoms with van der Waals surface area (Å²) in [5.41, 5.74) is 0.898. The van der Waals surface area contributed by atoms with E-state index in [0.29, 0.717) is 28.3 Å². The van der Waals surface area contributed by atoms with Gasteiger partial charge in [0, 0.05) is 17.2 Å². The number of aromatic nitrogens is 1. The van der Waals surface area contributed by atoms with Crippen LogP contribution in [0.2, 0.25) is 5.02 Å². The normalized spacial score (nSPS) is 18.7. The lowest BCUT2D eigenvalue weighted by molar-refractivity contribution is 0.0475. The third kappa shape index (κ3) is 3.03. The molecule has 2 amide bonds. The number of hydrogen-bond acceptors (Lipinski definition) is 6. The first-order valence-corrected chi connectivity index (χ1v) is 9.62. The molecule has 1 saturated heterocycles. The molecule has 1 aromatic heterocycles. The zero-order valence-corrected chi connectivity index (χ0v) is 15.9. The SMILES string of the molecule is O=C1c2ccc(-c3nc4ccc(Cl)cc4c(=O)o3)cc2C(=O)N1C[C@@H]1CCCO1. The number of fused-ring (bicyclic) bond motifs is 2. The van der Waals surface area contributed by atoms with Gasteiger partial charge in [-0.1, -0.05) is 11.6 Å². The van der Waals surface area contributed by atoms with Crippen LogP contribution in [0.4, 0.5) is 0 Å². The number of nitrogens with zero attached hydrogens (tertiary/aromatic N) is 2. The molecule has 0 bridgehead atoms. The van der Waals surface area contributed by atoms with Crippen LogP contribution in [0.5, 0.6) is 0 Å². The summed E-state index contributed by atoms with van der Waals surface area (Å²) in [6.45, 7) is 0.890. The summed E-state index contributed by atoms with van der Waals surface area (Å²) < 4.78 is 10.9. The molecule has 7 nitrogen and oxygen atoms in total. The van der Waals surface area contributed by atoms with E-state index in [-0.39, 0.29) is 41.3 Å². The van der Waals surface area contributed by atoms with Gasteiger partial charge < -0.3 is 9.15 Å². The summed E-state index contributed by atoms with van der Waals surface area (Å²) in [5.74, 6) is -0.641. The Labute approximate surface area is 169 Å². The van der Waals surface area contributed by atoms with Crippen molar-refractivity contribution in [1.29, 1.82) is 0 Å². The Kier molecular flexibility index (Phi) is 4.22. The van der Waals surface area contributed by atoms with Crippen LogP contribution < -0.4 is 5.63 Å². The van der Waals surface area contributed by atoms with Crippen molar-refractivity contribution in [2.45, 2.75) is 18.9 Å². The number of ether oxygens (including phenoxy) is 1. The summed E-state index contributed by atoms with van der Waals surface area (Å²) in [4.78, 5) is 43.4. The minimum absolute atomic E-state index is 0.0745. The van der Waals surface area contributed by atoms with E-state index in [4.69, 9.17) is 20.8 Å². The van der Waals surface area contributed by atoms with Crippen LogP contribution in [-0.4, -0.2) is 41.0 Å². The highest BCUT2D eigenvalue weighted by Gasteiger charge is 2.37. The van der Waals surface area contributed by atoms with E-state index in [0.717, 1.165) is 12.8 Å².